The van der Waals surface area contributed by atoms with Crippen molar-refractivity contribution in [3.8, 4) is 17.2 Å². The van der Waals surface area contributed by atoms with Gasteiger partial charge in [0.2, 0.25) is 0 Å². The molecule has 0 bridgehead atoms. The van der Waals surface area contributed by atoms with Gasteiger partial charge in [-0.25, -0.2) is 0 Å². The summed E-state index contributed by atoms with van der Waals surface area (Å²) >= 11 is 0. The molecule has 0 fully saturated rings. The Balaban J connectivity index is 1.75. The molecule has 24 heavy (non-hydrogen) atoms. The average Bonchev–Trinajstić information content (AvgIpc) is 3.09. The van der Waals surface area contributed by atoms with E-state index < -0.39 is 4.92 Å². The lowest BCUT2D eigenvalue weighted by Crippen LogP contribution is -2.04. The van der Waals surface area contributed by atoms with Crippen LogP contribution in [-0.2, 0) is 6.54 Å². The first kappa shape index (κ1) is 15.5. The molecule has 8 heteroatoms. The Kier molecular flexibility index (Phi) is 4.37. The van der Waals surface area contributed by atoms with Crippen molar-refractivity contribution in [3.63, 3.8) is 0 Å². The van der Waals surface area contributed by atoms with Crippen LogP contribution in [-0.4, -0.2) is 22.2 Å². The van der Waals surface area contributed by atoms with Gasteiger partial charge in [0, 0.05) is 29.8 Å². The summed E-state index contributed by atoms with van der Waals surface area (Å²) in [5, 5.41) is 17.7. The van der Waals surface area contributed by atoms with Gasteiger partial charge in [-0.15, -0.1) is 0 Å². The SMILES string of the molecule is COc1ccc([N+](=O)[O-])cc1CNc1noc(-c2ccccc2)n1. The number of anilines is 1. The van der Waals surface area contributed by atoms with Crippen molar-refractivity contribution in [1.29, 1.82) is 0 Å². The van der Waals surface area contributed by atoms with Crippen LogP contribution in [0.5, 0.6) is 5.75 Å². The van der Waals surface area contributed by atoms with E-state index in [1.54, 1.807) is 6.07 Å². The molecule has 3 aromatic rings. The molecule has 8 nitrogen and oxygen atoms in total. The predicted molar refractivity (Wildman–Crippen MR) is 86.7 cm³/mol. The summed E-state index contributed by atoms with van der Waals surface area (Å²) in [6, 6.07) is 13.8. The Bertz CT molecular complexity index is 848. The second-order valence-electron chi connectivity index (χ2n) is 4.90. The highest BCUT2D eigenvalue weighted by atomic mass is 16.6. The van der Waals surface area contributed by atoms with Gasteiger partial charge in [-0.3, -0.25) is 10.1 Å². The minimum atomic E-state index is -0.454. The number of benzene rings is 2. The summed E-state index contributed by atoms with van der Waals surface area (Å²) in [4.78, 5) is 14.7. The molecule has 1 N–H and O–H groups in total. The van der Waals surface area contributed by atoms with E-state index in [0.717, 1.165) is 5.56 Å². The molecule has 0 aliphatic rings. The van der Waals surface area contributed by atoms with E-state index in [-0.39, 0.29) is 12.2 Å². The third-order valence-corrected chi connectivity index (χ3v) is 3.36. The maximum atomic E-state index is 10.9. The topological polar surface area (TPSA) is 103 Å². The third kappa shape index (κ3) is 3.32. The summed E-state index contributed by atoms with van der Waals surface area (Å²) in [6.45, 7) is 0.263. The lowest BCUT2D eigenvalue weighted by molar-refractivity contribution is -0.384. The van der Waals surface area contributed by atoms with Gasteiger partial charge in [0.25, 0.3) is 17.5 Å². The number of non-ortho nitro benzene ring substituents is 1. The first-order chi connectivity index (χ1) is 11.7. The molecule has 0 spiro atoms. The lowest BCUT2D eigenvalue weighted by Gasteiger charge is -2.08. The summed E-state index contributed by atoms with van der Waals surface area (Å²) in [7, 11) is 1.51. The van der Waals surface area contributed by atoms with Gasteiger partial charge in [0.15, 0.2) is 0 Å². The molecule has 1 aromatic heterocycles. The van der Waals surface area contributed by atoms with Crippen LogP contribution in [0, 0.1) is 10.1 Å². The van der Waals surface area contributed by atoms with Crippen molar-refractivity contribution >= 4 is 11.6 Å². The predicted octanol–water partition coefficient (Wildman–Crippen LogP) is 3.27. The zero-order valence-corrected chi connectivity index (χ0v) is 12.8. The lowest BCUT2D eigenvalue weighted by atomic mass is 10.2. The smallest absolute Gasteiger partial charge is 0.270 e. The molecule has 1 heterocycles. The molecule has 0 radical (unpaired) electrons. The maximum absolute atomic E-state index is 10.9. The highest BCUT2D eigenvalue weighted by Gasteiger charge is 2.13. The Hall–Kier alpha value is -3.42. The molecular formula is C16H14N4O4. The van der Waals surface area contributed by atoms with Crippen molar-refractivity contribution < 1.29 is 14.2 Å². The van der Waals surface area contributed by atoms with Crippen molar-refractivity contribution in [3.05, 3.63) is 64.2 Å². The number of hydrogen-bond acceptors (Lipinski definition) is 7. The molecular weight excluding hydrogens is 312 g/mol. The van der Waals surface area contributed by atoms with E-state index in [2.05, 4.69) is 15.5 Å². The molecule has 0 aliphatic heterocycles. The molecule has 122 valence electrons. The molecule has 2 aromatic carbocycles. The normalized spacial score (nSPS) is 10.4. The minimum Gasteiger partial charge on any atom is -0.496 e. The Morgan fingerprint density at radius 1 is 1.25 bits per heavy atom. The molecule has 0 unspecified atom stereocenters. The van der Waals surface area contributed by atoms with Crippen LogP contribution in [0.3, 0.4) is 0 Å². The molecule has 0 saturated carbocycles. The van der Waals surface area contributed by atoms with Crippen LogP contribution in [0.25, 0.3) is 11.5 Å². The van der Waals surface area contributed by atoms with Crippen LogP contribution >= 0.6 is 0 Å². The molecule has 0 saturated heterocycles. The molecule has 0 aliphatic carbocycles. The standard InChI is InChI=1S/C16H14N4O4/c1-23-14-8-7-13(20(21)22)9-12(14)10-17-16-18-15(24-19-16)11-5-3-2-4-6-11/h2-9H,10H2,1H3,(H,17,19). The first-order valence-electron chi connectivity index (χ1n) is 7.11. The van der Waals surface area contributed by atoms with Crippen LogP contribution in [0.1, 0.15) is 5.56 Å². The number of hydrogen-bond donors (Lipinski definition) is 1. The van der Waals surface area contributed by atoms with Gasteiger partial charge < -0.3 is 14.6 Å². The molecule has 3 rings (SSSR count). The summed E-state index contributed by atoms with van der Waals surface area (Å²) in [6.07, 6.45) is 0. The Morgan fingerprint density at radius 3 is 2.75 bits per heavy atom. The van der Waals surface area contributed by atoms with Crippen molar-refractivity contribution in [1.82, 2.24) is 10.1 Å². The van der Waals surface area contributed by atoms with Crippen molar-refractivity contribution in [2.75, 3.05) is 12.4 Å². The first-order valence-corrected chi connectivity index (χ1v) is 7.11. The van der Waals surface area contributed by atoms with E-state index in [4.69, 9.17) is 9.26 Å². The number of rotatable bonds is 6. The highest BCUT2D eigenvalue weighted by molar-refractivity contribution is 5.54. The van der Waals surface area contributed by atoms with Crippen LogP contribution < -0.4 is 10.1 Å². The van der Waals surface area contributed by atoms with Gasteiger partial charge in [-0.1, -0.05) is 18.2 Å². The zero-order chi connectivity index (χ0) is 16.9. The number of ether oxygens (including phenoxy) is 1. The van der Waals surface area contributed by atoms with E-state index in [1.807, 2.05) is 30.3 Å². The van der Waals surface area contributed by atoms with E-state index in [1.165, 1.54) is 19.2 Å². The van der Waals surface area contributed by atoms with Gasteiger partial charge in [0.05, 0.1) is 12.0 Å². The monoisotopic (exact) mass is 326 g/mol. The van der Waals surface area contributed by atoms with Gasteiger partial charge in [-0.2, -0.15) is 4.98 Å². The van der Waals surface area contributed by atoms with Gasteiger partial charge >= 0.3 is 0 Å². The fourth-order valence-corrected chi connectivity index (χ4v) is 2.18. The Morgan fingerprint density at radius 2 is 2.04 bits per heavy atom. The molecule has 0 amide bonds. The van der Waals surface area contributed by atoms with Gasteiger partial charge in [-0.05, 0) is 23.4 Å². The Labute approximate surface area is 137 Å². The fraction of sp³-hybridized carbons (Fsp3) is 0.125. The number of nitro groups is 1. The quantitative estimate of drug-likeness (QED) is 0.547. The number of nitrogens with one attached hydrogen (secondary N) is 1. The minimum absolute atomic E-state index is 0.00862. The largest absolute Gasteiger partial charge is 0.496 e. The van der Waals surface area contributed by atoms with Gasteiger partial charge in [0.1, 0.15) is 5.75 Å². The fourth-order valence-electron chi connectivity index (χ4n) is 2.18. The van der Waals surface area contributed by atoms with Crippen molar-refractivity contribution in [2.45, 2.75) is 6.54 Å². The number of nitrogens with zero attached hydrogens (tertiary/aromatic N) is 3. The van der Waals surface area contributed by atoms with E-state index in [9.17, 15) is 10.1 Å². The van der Waals surface area contributed by atoms with Crippen LogP contribution in [0.15, 0.2) is 53.1 Å². The number of aromatic nitrogens is 2. The zero-order valence-electron chi connectivity index (χ0n) is 12.8. The van der Waals surface area contributed by atoms with E-state index >= 15 is 0 Å². The summed E-state index contributed by atoms with van der Waals surface area (Å²) < 4.78 is 10.4. The highest BCUT2D eigenvalue weighted by Crippen LogP contribution is 2.25. The van der Waals surface area contributed by atoms with Crippen LogP contribution in [0.2, 0.25) is 0 Å². The van der Waals surface area contributed by atoms with E-state index in [0.29, 0.717) is 23.2 Å². The maximum Gasteiger partial charge on any atom is 0.270 e. The summed E-state index contributed by atoms with van der Waals surface area (Å²) in [5.41, 5.74) is 1.43. The second-order valence-corrected chi connectivity index (χ2v) is 4.90. The number of nitro benzene ring substituents is 1. The second kappa shape index (κ2) is 6.78. The average molecular weight is 326 g/mol. The molecule has 0 atom stereocenters. The van der Waals surface area contributed by atoms with Crippen LogP contribution in [0.4, 0.5) is 11.6 Å². The van der Waals surface area contributed by atoms with Crippen molar-refractivity contribution in [2.24, 2.45) is 0 Å². The summed E-state index contributed by atoms with van der Waals surface area (Å²) in [5.74, 6) is 1.23. The third-order valence-electron chi connectivity index (χ3n) is 3.36. The number of methoxy groups -OCH3 is 1.